The molecule has 134 valence electrons. The number of thioether (sulfide) groups is 1. The summed E-state index contributed by atoms with van der Waals surface area (Å²) in [7, 11) is 1.68. The van der Waals surface area contributed by atoms with Gasteiger partial charge in [0.2, 0.25) is 11.8 Å². The normalized spacial score (nSPS) is 28.0. The van der Waals surface area contributed by atoms with E-state index in [4.69, 9.17) is 0 Å². The quantitative estimate of drug-likeness (QED) is 0.662. The van der Waals surface area contributed by atoms with E-state index in [1.807, 2.05) is 30.3 Å². The number of benzene rings is 1. The first-order valence-electron chi connectivity index (χ1n) is 8.03. The Hall–Kier alpha value is -2.06. The van der Waals surface area contributed by atoms with Gasteiger partial charge in [0, 0.05) is 4.75 Å². The van der Waals surface area contributed by atoms with Crippen LogP contribution in [0.15, 0.2) is 30.3 Å². The van der Waals surface area contributed by atoms with Crippen LogP contribution < -0.4 is 10.6 Å². The van der Waals surface area contributed by atoms with E-state index < -0.39 is 28.8 Å². The highest BCUT2D eigenvalue weighted by Gasteiger charge is 2.64. The van der Waals surface area contributed by atoms with Crippen LogP contribution >= 0.6 is 11.8 Å². The minimum absolute atomic E-state index is 0.302. The molecular formula is C17H21N3O4S. The van der Waals surface area contributed by atoms with E-state index in [-0.39, 0.29) is 17.2 Å². The fourth-order valence-corrected chi connectivity index (χ4v) is 5.10. The lowest BCUT2D eigenvalue weighted by molar-refractivity contribution is -0.161. The number of hydrogen-bond acceptors (Lipinski definition) is 5. The van der Waals surface area contributed by atoms with Crippen LogP contribution in [0.5, 0.6) is 0 Å². The summed E-state index contributed by atoms with van der Waals surface area (Å²) in [6.07, 6.45) is 0. The maximum absolute atomic E-state index is 12.6. The van der Waals surface area contributed by atoms with Gasteiger partial charge in [-0.2, -0.15) is 0 Å². The number of hydrogen-bond donors (Lipinski definition) is 3. The Morgan fingerprint density at radius 3 is 2.48 bits per heavy atom. The van der Waals surface area contributed by atoms with Crippen molar-refractivity contribution in [3.05, 3.63) is 35.9 Å². The molecule has 3 N–H and O–H groups in total. The zero-order chi connectivity index (χ0) is 18.4. The van der Waals surface area contributed by atoms with Crippen LogP contribution in [0.3, 0.4) is 0 Å². The number of carboxylic acid groups (broad SMARTS) is 1. The number of likely N-dealkylation sites (N-methyl/N-ethyl adjacent to an activating group) is 1. The molecule has 0 spiro atoms. The molecule has 1 aromatic rings. The average Bonchev–Trinajstić information content (AvgIpc) is 2.82. The van der Waals surface area contributed by atoms with Gasteiger partial charge in [-0.15, -0.1) is 11.8 Å². The van der Waals surface area contributed by atoms with Crippen molar-refractivity contribution in [1.82, 2.24) is 15.5 Å². The lowest BCUT2D eigenvalue weighted by Crippen LogP contribution is -2.71. The third-order valence-electron chi connectivity index (χ3n) is 4.66. The van der Waals surface area contributed by atoms with E-state index in [0.717, 1.165) is 5.56 Å². The lowest BCUT2D eigenvalue weighted by Gasteiger charge is -2.44. The summed E-state index contributed by atoms with van der Waals surface area (Å²) in [6.45, 7) is 3.61. The van der Waals surface area contributed by atoms with Gasteiger partial charge in [-0.3, -0.25) is 9.59 Å². The molecular weight excluding hydrogens is 342 g/mol. The van der Waals surface area contributed by atoms with Crippen molar-refractivity contribution >= 4 is 29.5 Å². The Kier molecular flexibility index (Phi) is 4.51. The summed E-state index contributed by atoms with van der Waals surface area (Å²) in [4.78, 5) is 37.9. The number of fused-ring (bicyclic) bond motifs is 1. The highest BCUT2D eigenvalue weighted by Crippen LogP contribution is 2.50. The molecule has 2 aliphatic heterocycles. The molecule has 25 heavy (non-hydrogen) atoms. The molecule has 0 bridgehead atoms. The van der Waals surface area contributed by atoms with Crippen molar-refractivity contribution in [2.45, 2.75) is 42.1 Å². The standard InChI is InChI=1S/C17H21N3O4S/c1-17(2)12(16(23)24)20-14(22)11(15(20)25-17)19-13(21)10(18-3)9-7-5-4-6-8-9/h4-8,10-12,15,18H,1-3H3,(H,19,21)(H,23,24)/t10?,11-,12+,15?/m1/s1. The van der Waals surface area contributed by atoms with Crippen molar-refractivity contribution in [3.8, 4) is 0 Å². The van der Waals surface area contributed by atoms with Crippen molar-refractivity contribution in [2.75, 3.05) is 7.05 Å². The predicted molar refractivity (Wildman–Crippen MR) is 93.9 cm³/mol. The number of aliphatic carboxylic acids is 1. The Morgan fingerprint density at radius 2 is 1.92 bits per heavy atom. The topological polar surface area (TPSA) is 98.7 Å². The molecule has 0 saturated carbocycles. The Balaban J connectivity index is 1.74. The molecule has 1 aromatic carbocycles. The van der Waals surface area contributed by atoms with Gasteiger partial charge in [-0.05, 0) is 26.5 Å². The van der Waals surface area contributed by atoms with Crippen LogP contribution in [0.4, 0.5) is 0 Å². The zero-order valence-corrected chi connectivity index (χ0v) is 15.0. The Morgan fingerprint density at radius 1 is 1.28 bits per heavy atom. The van der Waals surface area contributed by atoms with Crippen LogP contribution in [0.25, 0.3) is 0 Å². The summed E-state index contributed by atoms with van der Waals surface area (Å²) >= 11 is 1.41. The van der Waals surface area contributed by atoms with Gasteiger partial charge in [-0.25, -0.2) is 4.79 Å². The maximum Gasteiger partial charge on any atom is 0.327 e. The van der Waals surface area contributed by atoms with E-state index in [2.05, 4.69) is 10.6 Å². The van der Waals surface area contributed by atoms with E-state index in [1.165, 1.54) is 16.7 Å². The van der Waals surface area contributed by atoms with Crippen LogP contribution in [0.1, 0.15) is 25.5 Å². The van der Waals surface area contributed by atoms with Crippen molar-refractivity contribution in [2.24, 2.45) is 0 Å². The van der Waals surface area contributed by atoms with Gasteiger partial charge in [-0.1, -0.05) is 30.3 Å². The number of carbonyl (C=O) groups is 3. The van der Waals surface area contributed by atoms with Gasteiger partial charge >= 0.3 is 5.97 Å². The lowest BCUT2D eigenvalue weighted by atomic mass is 9.95. The first-order valence-corrected chi connectivity index (χ1v) is 8.91. The number of β-lactam (4-membered cyclic amide) rings is 1. The van der Waals surface area contributed by atoms with Crippen LogP contribution in [0, 0.1) is 0 Å². The Bertz CT molecular complexity index is 709. The summed E-state index contributed by atoms with van der Waals surface area (Å²) in [5, 5.41) is 14.8. The van der Waals surface area contributed by atoms with E-state index >= 15 is 0 Å². The zero-order valence-electron chi connectivity index (χ0n) is 14.2. The number of carboxylic acids is 1. The third-order valence-corrected chi connectivity index (χ3v) is 6.23. The summed E-state index contributed by atoms with van der Waals surface area (Å²) in [6, 6.07) is 7.08. The number of rotatable bonds is 5. The second kappa shape index (κ2) is 6.34. The smallest absolute Gasteiger partial charge is 0.327 e. The molecule has 2 aliphatic rings. The van der Waals surface area contributed by atoms with Crippen molar-refractivity contribution in [1.29, 1.82) is 0 Å². The highest BCUT2D eigenvalue weighted by molar-refractivity contribution is 8.01. The molecule has 2 saturated heterocycles. The molecule has 7 nitrogen and oxygen atoms in total. The molecule has 0 aromatic heterocycles. The predicted octanol–water partition coefficient (Wildman–Crippen LogP) is 0.579. The van der Waals surface area contributed by atoms with Gasteiger partial charge in [0.25, 0.3) is 0 Å². The van der Waals surface area contributed by atoms with Gasteiger partial charge < -0.3 is 20.6 Å². The van der Waals surface area contributed by atoms with Gasteiger partial charge in [0.05, 0.1) is 0 Å². The number of carbonyl (C=O) groups excluding carboxylic acids is 2. The third kappa shape index (κ3) is 2.89. The molecule has 2 unspecified atom stereocenters. The molecule has 0 radical (unpaired) electrons. The summed E-state index contributed by atoms with van der Waals surface area (Å²) < 4.78 is -0.604. The van der Waals surface area contributed by atoms with E-state index in [9.17, 15) is 19.5 Å². The molecule has 3 rings (SSSR count). The summed E-state index contributed by atoms with van der Waals surface area (Å²) in [5.41, 5.74) is 0.800. The summed E-state index contributed by atoms with van der Waals surface area (Å²) in [5.74, 6) is -1.66. The fourth-order valence-electron chi connectivity index (χ4n) is 3.48. The number of amides is 2. The van der Waals surface area contributed by atoms with Crippen LogP contribution in [-0.4, -0.2) is 57.0 Å². The monoisotopic (exact) mass is 363 g/mol. The SMILES string of the molecule is CNC(C(=O)N[C@@H]1C(=O)N2C1SC(C)(C)[C@@H]2C(=O)O)c1ccccc1. The van der Waals surface area contributed by atoms with Crippen LogP contribution in [-0.2, 0) is 14.4 Å². The molecule has 0 aliphatic carbocycles. The van der Waals surface area contributed by atoms with Crippen molar-refractivity contribution < 1.29 is 19.5 Å². The van der Waals surface area contributed by atoms with Crippen LogP contribution in [0.2, 0.25) is 0 Å². The number of nitrogens with zero attached hydrogens (tertiary/aromatic N) is 1. The number of nitrogens with one attached hydrogen (secondary N) is 2. The molecule has 2 heterocycles. The van der Waals surface area contributed by atoms with E-state index in [1.54, 1.807) is 20.9 Å². The largest absolute Gasteiger partial charge is 0.480 e. The minimum atomic E-state index is -1.02. The molecule has 8 heteroatoms. The minimum Gasteiger partial charge on any atom is -0.480 e. The highest BCUT2D eigenvalue weighted by atomic mass is 32.2. The first kappa shape index (κ1) is 17.8. The molecule has 2 fully saturated rings. The maximum atomic E-state index is 12.6. The fraction of sp³-hybridized carbons (Fsp3) is 0.471. The molecule has 2 amide bonds. The Labute approximate surface area is 150 Å². The van der Waals surface area contributed by atoms with Gasteiger partial charge in [0.1, 0.15) is 23.5 Å². The second-order valence-electron chi connectivity index (χ2n) is 6.72. The van der Waals surface area contributed by atoms with Crippen molar-refractivity contribution in [3.63, 3.8) is 0 Å². The van der Waals surface area contributed by atoms with E-state index in [0.29, 0.717) is 0 Å². The average molecular weight is 363 g/mol. The second-order valence-corrected chi connectivity index (χ2v) is 8.49. The first-order chi connectivity index (χ1) is 11.8. The molecule has 4 atom stereocenters. The van der Waals surface area contributed by atoms with Gasteiger partial charge in [0.15, 0.2) is 0 Å².